The molecule has 0 unspecified atom stereocenters. The van der Waals surface area contributed by atoms with Crippen molar-refractivity contribution in [1.29, 1.82) is 0 Å². The number of nitrogens with zero attached hydrogens (tertiary/aromatic N) is 4. The Hall–Kier alpha value is -2.32. The summed E-state index contributed by atoms with van der Waals surface area (Å²) in [7, 11) is 0. The van der Waals surface area contributed by atoms with Crippen LogP contribution in [0.1, 0.15) is 72.7 Å². The number of rotatable bonds is 8. The van der Waals surface area contributed by atoms with Gasteiger partial charge in [0.25, 0.3) is 0 Å². The van der Waals surface area contributed by atoms with Gasteiger partial charge in [0.2, 0.25) is 5.82 Å². The molecule has 0 spiro atoms. The molecule has 0 radical (unpaired) electrons. The fraction of sp³-hybridized carbons (Fsp3) is 0.560. The molecule has 5 rings (SSSR count). The number of furan rings is 1. The minimum absolute atomic E-state index is 0.129. The Morgan fingerprint density at radius 3 is 2.73 bits per heavy atom. The quantitative estimate of drug-likeness (QED) is 0.316. The number of hydrogen-bond donors (Lipinski definition) is 0. The van der Waals surface area contributed by atoms with E-state index in [1.807, 2.05) is 25.1 Å². The van der Waals surface area contributed by atoms with Crippen LogP contribution in [0.25, 0.3) is 11.6 Å². The van der Waals surface area contributed by atoms with E-state index >= 15 is 0 Å². The molecule has 3 aromatic rings. The topological polar surface area (TPSA) is 75.1 Å². The molecule has 1 saturated heterocycles. The van der Waals surface area contributed by atoms with Crippen LogP contribution in [0, 0.1) is 13.8 Å². The van der Waals surface area contributed by atoms with E-state index in [9.17, 15) is 4.79 Å². The Morgan fingerprint density at radius 1 is 1.15 bits per heavy atom. The van der Waals surface area contributed by atoms with Gasteiger partial charge in [0.05, 0.1) is 18.1 Å². The van der Waals surface area contributed by atoms with Crippen molar-refractivity contribution >= 4 is 17.5 Å². The number of carbonyl (C=O) groups excluding carboxylic acids is 1. The number of carbonyl (C=O) groups is 1. The van der Waals surface area contributed by atoms with Gasteiger partial charge in [-0.3, -0.25) is 9.36 Å². The molecule has 1 saturated carbocycles. The Labute approximate surface area is 198 Å². The van der Waals surface area contributed by atoms with Gasteiger partial charge in [-0.2, -0.15) is 0 Å². The van der Waals surface area contributed by atoms with E-state index in [1.54, 1.807) is 6.26 Å². The van der Waals surface area contributed by atoms with Crippen LogP contribution >= 0.6 is 11.8 Å². The maximum atomic E-state index is 13.2. The lowest BCUT2D eigenvalue weighted by atomic mass is 9.95. The highest BCUT2D eigenvalue weighted by Crippen LogP contribution is 2.36. The zero-order chi connectivity index (χ0) is 22.8. The molecule has 1 atom stereocenters. The number of ketones is 1. The van der Waals surface area contributed by atoms with Gasteiger partial charge in [-0.15, -0.1) is 10.2 Å². The molecular weight excluding hydrogens is 436 g/mol. The molecule has 7 nitrogen and oxygen atoms in total. The second kappa shape index (κ2) is 9.89. The minimum Gasteiger partial charge on any atom is -0.461 e. The van der Waals surface area contributed by atoms with Gasteiger partial charge < -0.3 is 13.7 Å². The molecule has 2 fully saturated rings. The normalized spacial score (nSPS) is 19.4. The summed E-state index contributed by atoms with van der Waals surface area (Å²) in [5.41, 5.74) is 2.94. The maximum Gasteiger partial charge on any atom is 0.200 e. The number of aryl methyl sites for hydroxylation is 1. The fourth-order valence-electron chi connectivity index (χ4n) is 5.18. The fourth-order valence-corrected chi connectivity index (χ4v) is 6.07. The van der Waals surface area contributed by atoms with Gasteiger partial charge in [-0.05, 0) is 57.7 Å². The Balaban J connectivity index is 1.34. The van der Waals surface area contributed by atoms with Crippen LogP contribution in [-0.4, -0.2) is 43.6 Å². The van der Waals surface area contributed by atoms with Crippen molar-refractivity contribution < 1.29 is 13.9 Å². The highest BCUT2D eigenvalue weighted by molar-refractivity contribution is 7.99. The summed E-state index contributed by atoms with van der Waals surface area (Å²) >= 11 is 1.48. The third-order valence-corrected chi connectivity index (χ3v) is 7.91. The maximum absolute atomic E-state index is 13.2. The van der Waals surface area contributed by atoms with E-state index in [-0.39, 0.29) is 11.9 Å². The number of Topliss-reactive ketones (excluding diaryl/α,β-unsaturated/α-hetero) is 1. The predicted octanol–water partition coefficient (Wildman–Crippen LogP) is 5.62. The van der Waals surface area contributed by atoms with Crippen molar-refractivity contribution in [3.8, 4) is 11.6 Å². The van der Waals surface area contributed by atoms with Gasteiger partial charge in [0, 0.05) is 36.1 Å². The highest BCUT2D eigenvalue weighted by atomic mass is 32.2. The Morgan fingerprint density at radius 2 is 2.00 bits per heavy atom. The summed E-state index contributed by atoms with van der Waals surface area (Å²) in [5.74, 6) is 1.96. The first kappa shape index (κ1) is 22.5. The second-order valence-corrected chi connectivity index (χ2v) is 10.1. The van der Waals surface area contributed by atoms with Crippen LogP contribution < -0.4 is 0 Å². The van der Waals surface area contributed by atoms with Crippen molar-refractivity contribution in [2.24, 2.45) is 0 Å². The van der Waals surface area contributed by atoms with Crippen LogP contribution in [0.2, 0.25) is 0 Å². The minimum atomic E-state index is 0.129. The summed E-state index contributed by atoms with van der Waals surface area (Å²) in [6.45, 7) is 5.77. The van der Waals surface area contributed by atoms with Crippen molar-refractivity contribution in [2.75, 3.05) is 12.4 Å². The van der Waals surface area contributed by atoms with E-state index < -0.39 is 0 Å². The van der Waals surface area contributed by atoms with Gasteiger partial charge in [0.15, 0.2) is 16.7 Å². The van der Waals surface area contributed by atoms with Crippen LogP contribution in [0.3, 0.4) is 0 Å². The summed E-state index contributed by atoms with van der Waals surface area (Å²) in [6, 6.07) is 6.17. The lowest BCUT2D eigenvalue weighted by Gasteiger charge is -2.25. The van der Waals surface area contributed by atoms with E-state index in [2.05, 4.69) is 26.3 Å². The van der Waals surface area contributed by atoms with Gasteiger partial charge >= 0.3 is 0 Å². The van der Waals surface area contributed by atoms with E-state index in [1.165, 1.54) is 31.0 Å². The summed E-state index contributed by atoms with van der Waals surface area (Å²) in [5, 5.41) is 9.72. The molecule has 4 heterocycles. The highest BCUT2D eigenvalue weighted by Gasteiger charge is 2.26. The number of aromatic nitrogens is 4. The molecule has 0 amide bonds. The van der Waals surface area contributed by atoms with Gasteiger partial charge in [-0.1, -0.05) is 31.0 Å². The molecule has 1 aliphatic carbocycles. The van der Waals surface area contributed by atoms with Crippen molar-refractivity contribution in [3.05, 3.63) is 41.4 Å². The monoisotopic (exact) mass is 468 g/mol. The zero-order valence-electron chi connectivity index (χ0n) is 19.5. The van der Waals surface area contributed by atoms with Crippen molar-refractivity contribution in [2.45, 2.75) is 82.6 Å². The smallest absolute Gasteiger partial charge is 0.200 e. The molecule has 176 valence electrons. The molecule has 2 aliphatic rings. The molecule has 8 heteroatoms. The van der Waals surface area contributed by atoms with Crippen LogP contribution in [-0.2, 0) is 11.3 Å². The Bertz CT molecular complexity index is 1090. The van der Waals surface area contributed by atoms with E-state index in [4.69, 9.17) is 9.15 Å². The third kappa shape index (κ3) is 4.68. The second-order valence-electron chi connectivity index (χ2n) is 9.19. The summed E-state index contributed by atoms with van der Waals surface area (Å²) in [4.78, 5) is 13.2. The van der Waals surface area contributed by atoms with Crippen LogP contribution in [0.4, 0.5) is 0 Å². The largest absolute Gasteiger partial charge is 0.461 e. The first-order valence-electron chi connectivity index (χ1n) is 12.0. The molecule has 1 aliphatic heterocycles. The lowest BCUT2D eigenvalue weighted by Crippen LogP contribution is -2.17. The first-order chi connectivity index (χ1) is 16.1. The molecule has 0 aromatic carbocycles. The van der Waals surface area contributed by atoms with Crippen molar-refractivity contribution in [3.63, 3.8) is 0 Å². The molecule has 3 aromatic heterocycles. The summed E-state index contributed by atoms with van der Waals surface area (Å²) in [6.07, 6.45) is 10.0. The molecule has 0 N–H and O–H groups in total. The van der Waals surface area contributed by atoms with Crippen molar-refractivity contribution in [1.82, 2.24) is 19.3 Å². The number of thioether (sulfide) groups is 1. The molecular formula is C25H32N4O3S. The third-order valence-electron chi connectivity index (χ3n) is 6.96. The Kier molecular flexibility index (Phi) is 6.74. The SMILES string of the molecule is Cc1cc(C(=O)CSc2nnc(-c3ccco3)n2C2CCCCC2)c(C)n1C[C@H]1CCCO1. The molecule has 0 bridgehead atoms. The zero-order valence-corrected chi connectivity index (χ0v) is 20.3. The number of ether oxygens (including phenoxy) is 1. The van der Waals surface area contributed by atoms with Gasteiger partial charge in [0.1, 0.15) is 0 Å². The number of hydrogen-bond acceptors (Lipinski definition) is 6. The van der Waals surface area contributed by atoms with Gasteiger partial charge in [-0.25, -0.2) is 0 Å². The predicted molar refractivity (Wildman–Crippen MR) is 128 cm³/mol. The summed E-state index contributed by atoms with van der Waals surface area (Å²) < 4.78 is 15.9. The van der Waals surface area contributed by atoms with Crippen LogP contribution in [0.15, 0.2) is 34.0 Å². The lowest BCUT2D eigenvalue weighted by molar-refractivity contribution is 0.0957. The van der Waals surface area contributed by atoms with E-state index in [0.29, 0.717) is 11.8 Å². The standard InChI is InChI=1S/C25H32N4O3S/c1-17-14-21(18(2)28(17)15-20-10-6-12-31-20)22(30)16-33-25-27-26-24(23-11-7-13-32-23)29(25)19-8-4-3-5-9-19/h7,11,13-14,19-20H,3-6,8-10,12,15-16H2,1-2H3/t20-/m1/s1. The van der Waals surface area contributed by atoms with E-state index in [0.717, 1.165) is 72.5 Å². The van der Waals surface area contributed by atoms with Crippen LogP contribution in [0.5, 0.6) is 0 Å². The average Bonchev–Trinajstić information content (AvgIpc) is 3.63. The molecule has 33 heavy (non-hydrogen) atoms. The average molecular weight is 469 g/mol. The first-order valence-corrected chi connectivity index (χ1v) is 13.0.